The average molecular weight is 550 g/mol. The fourth-order valence-corrected chi connectivity index (χ4v) is 3.19. The third-order valence-electron chi connectivity index (χ3n) is 3.10. The number of ether oxygens (including phenoxy) is 2. The molecule has 0 radical (unpaired) electrons. The van der Waals surface area contributed by atoms with Gasteiger partial charge in [-0.2, -0.15) is 4.98 Å². The largest absolute Gasteiger partial charge is 0.480 e. The van der Waals surface area contributed by atoms with Crippen LogP contribution in [-0.4, -0.2) is 16.6 Å². The monoisotopic (exact) mass is 550 g/mol. The van der Waals surface area contributed by atoms with E-state index in [0.29, 0.717) is 11.5 Å². The number of hydrogen-bond acceptors (Lipinski definition) is 6. The van der Waals surface area contributed by atoms with Gasteiger partial charge in [0.25, 0.3) is 0 Å². The molecule has 0 amide bonds. The van der Waals surface area contributed by atoms with Gasteiger partial charge in [-0.05, 0) is 57.2 Å². The first-order valence-corrected chi connectivity index (χ1v) is 9.14. The standard InChI is InChI=1S/C16H16I2N4O2/c1-4-5-23-10-6-9(8(2)3)14(13(18)12(10)17)24-11-7-21-16(20)22-15(11)19/h1,6-8H,5H2,2-3H3,(H4,19,20,21,22). The van der Waals surface area contributed by atoms with Crippen LogP contribution in [0.1, 0.15) is 25.3 Å². The zero-order valence-electron chi connectivity index (χ0n) is 13.1. The van der Waals surface area contributed by atoms with Gasteiger partial charge in [0.1, 0.15) is 18.1 Å². The highest BCUT2D eigenvalue weighted by molar-refractivity contribution is 14.1. The van der Waals surface area contributed by atoms with Gasteiger partial charge in [-0.25, -0.2) is 4.98 Å². The summed E-state index contributed by atoms with van der Waals surface area (Å²) >= 11 is 4.42. The lowest BCUT2D eigenvalue weighted by Gasteiger charge is -2.19. The second-order valence-electron chi connectivity index (χ2n) is 5.15. The van der Waals surface area contributed by atoms with Gasteiger partial charge >= 0.3 is 0 Å². The summed E-state index contributed by atoms with van der Waals surface area (Å²) in [4.78, 5) is 7.85. The van der Waals surface area contributed by atoms with Crippen LogP contribution in [0.5, 0.6) is 17.2 Å². The van der Waals surface area contributed by atoms with Crippen molar-refractivity contribution in [2.24, 2.45) is 0 Å². The number of benzene rings is 1. The van der Waals surface area contributed by atoms with Gasteiger partial charge in [-0.15, -0.1) is 6.42 Å². The second kappa shape index (κ2) is 8.06. The molecule has 0 saturated carbocycles. The minimum atomic E-state index is 0.103. The van der Waals surface area contributed by atoms with Gasteiger partial charge in [0.15, 0.2) is 11.6 Å². The zero-order valence-corrected chi connectivity index (χ0v) is 17.5. The molecular formula is C16H16I2N4O2. The molecule has 0 atom stereocenters. The smallest absolute Gasteiger partial charge is 0.222 e. The Labute approximate surface area is 168 Å². The molecule has 6 nitrogen and oxygen atoms in total. The van der Waals surface area contributed by atoms with E-state index >= 15 is 0 Å². The first kappa shape index (κ1) is 18.9. The van der Waals surface area contributed by atoms with Crippen molar-refractivity contribution in [1.29, 1.82) is 0 Å². The Morgan fingerprint density at radius 1 is 1.25 bits per heavy atom. The van der Waals surface area contributed by atoms with E-state index in [1.165, 1.54) is 6.20 Å². The molecule has 1 heterocycles. The van der Waals surface area contributed by atoms with Crippen LogP contribution in [0.25, 0.3) is 0 Å². The Hall–Kier alpha value is -1.48. The minimum Gasteiger partial charge on any atom is -0.480 e. The van der Waals surface area contributed by atoms with E-state index in [-0.39, 0.29) is 24.3 Å². The fraction of sp³-hybridized carbons (Fsp3) is 0.250. The predicted octanol–water partition coefficient (Wildman–Crippen LogP) is 3.78. The first-order valence-electron chi connectivity index (χ1n) is 6.99. The highest BCUT2D eigenvalue weighted by Crippen LogP contribution is 2.42. The second-order valence-corrected chi connectivity index (χ2v) is 7.31. The first-order chi connectivity index (χ1) is 11.3. The van der Waals surface area contributed by atoms with Gasteiger partial charge in [-0.1, -0.05) is 19.8 Å². The molecule has 8 heteroatoms. The van der Waals surface area contributed by atoms with E-state index in [4.69, 9.17) is 27.4 Å². The highest BCUT2D eigenvalue weighted by atomic mass is 127. The van der Waals surface area contributed by atoms with Crippen LogP contribution in [0.15, 0.2) is 12.3 Å². The van der Waals surface area contributed by atoms with E-state index in [0.717, 1.165) is 18.5 Å². The quantitative estimate of drug-likeness (QED) is 0.435. The molecule has 0 unspecified atom stereocenters. The van der Waals surface area contributed by atoms with Crippen LogP contribution in [-0.2, 0) is 0 Å². The average Bonchev–Trinajstić information content (AvgIpc) is 2.53. The summed E-state index contributed by atoms with van der Waals surface area (Å²) in [5, 5.41) is 0. The van der Waals surface area contributed by atoms with Crippen LogP contribution in [0.4, 0.5) is 11.8 Å². The lowest BCUT2D eigenvalue weighted by molar-refractivity contribution is 0.365. The zero-order chi connectivity index (χ0) is 17.9. The molecule has 0 spiro atoms. The summed E-state index contributed by atoms with van der Waals surface area (Å²) in [6, 6.07) is 1.94. The van der Waals surface area contributed by atoms with Crippen LogP contribution in [0.2, 0.25) is 0 Å². The number of nitrogens with two attached hydrogens (primary N) is 2. The van der Waals surface area contributed by atoms with Crippen LogP contribution in [0, 0.1) is 19.5 Å². The number of terminal acetylenes is 1. The Kier molecular flexibility index (Phi) is 6.34. The Morgan fingerprint density at radius 3 is 2.54 bits per heavy atom. The van der Waals surface area contributed by atoms with Gasteiger partial charge in [0.2, 0.25) is 5.95 Å². The van der Waals surface area contributed by atoms with Crippen LogP contribution in [0.3, 0.4) is 0 Å². The maximum atomic E-state index is 6.01. The van der Waals surface area contributed by atoms with Crippen molar-refractivity contribution in [2.75, 3.05) is 18.1 Å². The number of nitrogen functional groups attached to an aromatic ring is 2. The van der Waals surface area contributed by atoms with E-state index < -0.39 is 0 Å². The Bertz CT molecular complexity index is 804. The van der Waals surface area contributed by atoms with Gasteiger partial charge < -0.3 is 20.9 Å². The predicted molar refractivity (Wildman–Crippen MR) is 111 cm³/mol. The summed E-state index contributed by atoms with van der Waals surface area (Å²) in [7, 11) is 0. The number of rotatable bonds is 5. The molecule has 0 aliphatic rings. The lowest BCUT2D eigenvalue weighted by atomic mass is 10.0. The number of hydrogen-bond donors (Lipinski definition) is 2. The number of halogens is 2. The van der Waals surface area contributed by atoms with Crippen LogP contribution >= 0.6 is 45.2 Å². The maximum absolute atomic E-state index is 6.01. The van der Waals surface area contributed by atoms with Crippen molar-refractivity contribution in [2.45, 2.75) is 19.8 Å². The van der Waals surface area contributed by atoms with Crippen LogP contribution < -0.4 is 20.9 Å². The Balaban J connectivity index is 2.52. The molecular weight excluding hydrogens is 534 g/mol. The molecule has 0 aliphatic heterocycles. The molecule has 0 aliphatic carbocycles. The molecule has 0 bridgehead atoms. The maximum Gasteiger partial charge on any atom is 0.222 e. The highest BCUT2D eigenvalue weighted by Gasteiger charge is 2.21. The molecule has 2 aromatic rings. The molecule has 1 aromatic heterocycles. The summed E-state index contributed by atoms with van der Waals surface area (Å²) in [6.45, 7) is 4.35. The van der Waals surface area contributed by atoms with Crippen molar-refractivity contribution < 1.29 is 9.47 Å². The third kappa shape index (κ3) is 4.13. The molecule has 2 rings (SSSR count). The molecule has 0 fully saturated rings. The van der Waals surface area contributed by atoms with E-state index in [1.807, 2.05) is 6.07 Å². The molecule has 24 heavy (non-hydrogen) atoms. The molecule has 0 saturated heterocycles. The van der Waals surface area contributed by atoms with Gasteiger partial charge in [0, 0.05) is 5.56 Å². The van der Waals surface area contributed by atoms with E-state index in [1.54, 1.807) is 0 Å². The van der Waals surface area contributed by atoms with Crippen molar-refractivity contribution in [3.63, 3.8) is 0 Å². The summed E-state index contributed by atoms with van der Waals surface area (Å²) in [5.41, 5.74) is 12.4. The SMILES string of the molecule is C#CCOc1cc(C(C)C)c(Oc2cnc(N)nc2N)c(I)c1I. The van der Waals surface area contributed by atoms with Gasteiger partial charge in [-0.3, -0.25) is 0 Å². The minimum absolute atomic E-state index is 0.103. The Morgan fingerprint density at radius 2 is 1.96 bits per heavy atom. The van der Waals surface area contributed by atoms with Crippen molar-refractivity contribution >= 4 is 56.9 Å². The number of anilines is 2. The normalized spacial score (nSPS) is 10.5. The summed E-state index contributed by atoms with van der Waals surface area (Å²) in [5.74, 6) is 4.76. The van der Waals surface area contributed by atoms with Crippen molar-refractivity contribution in [1.82, 2.24) is 9.97 Å². The number of aromatic nitrogens is 2. The molecule has 4 N–H and O–H groups in total. The van der Waals surface area contributed by atoms with Crippen molar-refractivity contribution in [3.05, 3.63) is 25.0 Å². The summed E-state index contributed by atoms with van der Waals surface area (Å²) in [6.07, 6.45) is 6.75. The fourth-order valence-electron chi connectivity index (χ4n) is 1.95. The lowest BCUT2D eigenvalue weighted by Crippen LogP contribution is -2.06. The third-order valence-corrected chi connectivity index (χ3v) is 6.24. The van der Waals surface area contributed by atoms with E-state index in [9.17, 15) is 0 Å². The summed E-state index contributed by atoms with van der Waals surface area (Å²) < 4.78 is 13.5. The van der Waals surface area contributed by atoms with Gasteiger partial charge in [0.05, 0.1) is 13.3 Å². The topological polar surface area (TPSA) is 96.3 Å². The molecule has 1 aromatic carbocycles. The number of nitrogens with zero attached hydrogens (tertiary/aromatic N) is 2. The molecule has 126 valence electrons. The van der Waals surface area contributed by atoms with E-state index in [2.05, 4.69) is 74.9 Å². The van der Waals surface area contributed by atoms with Crippen molar-refractivity contribution in [3.8, 4) is 29.6 Å².